The lowest BCUT2D eigenvalue weighted by atomic mass is 10.1. The Labute approximate surface area is 141 Å². The Morgan fingerprint density at radius 1 is 1.21 bits per heavy atom. The lowest BCUT2D eigenvalue weighted by Gasteiger charge is -2.27. The number of thiophene rings is 1. The van der Waals surface area contributed by atoms with Gasteiger partial charge in [-0.1, -0.05) is 0 Å². The molecule has 0 radical (unpaired) electrons. The third-order valence-corrected chi connectivity index (χ3v) is 4.87. The van der Waals surface area contributed by atoms with Crippen LogP contribution in [-0.4, -0.2) is 47.1 Å². The first kappa shape index (κ1) is 15.2. The van der Waals surface area contributed by atoms with Crippen molar-refractivity contribution < 1.29 is 13.9 Å². The topological polar surface area (TPSA) is 55.3 Å². The fourth-order valence-electron chi connectivity index (χ4n) is 2.79. The summed E-state index contributed by atoms with van der Waals surface area (Å²) >= 11 is 1.50. The van der Waals surface area contributed by atoms with Crippen molar-refractivity contribution >= 4 is 27.5 Å². The number of carbonyl (C=O) groups is 1. The summed E-state index contributed by atoms with van der Waals surface area (Å²) in [6.45, 7) is 2.06. The van der Waals surface area contributed by atoms with Gasteiger partial charge in [0.2, 0.25) is 0 Å². The molecule has 4 rings (SSSR count). The van der Waals surface area contributed by atoms with Crippen LogP contribution < -0.4 is 0 Å². The molecule has 2 aromatic heterocycles. The summed E-state index contributed by atoms with van der Waals surface area (Å²) in [7, 11) is 0. The highest BCUT2D eigenvalue weighted by Crippen LogP contribution is 2.30. The molecule has 0 N–H and O–H groups in total. The summed E-state index contributed by atoms with van der Waals surface area (Å²) in [6.07, 6.45) is 1.46. The molecule has 1 fully saturated rings. The van der Waals surface area contributed by atoms with Gasteiger partial charge < -0.3 is 9.64 Å². The van der Waals surface area contributed by atoms with Gasteiger partial charge >= 0.3 is 0 Å². The number of nitrogens with zero attached hydrogens (tertiary/aromatic N) is 3. The first-order valence-corrected chi connectivity index (χ1v) is 8.46. The predicted octanol–water partition coefficient (Wildman–Crippen LogP) is 2.97. The average Bonchev–Trinajstić information content (AvgIpc) is 3.10. The summed E-state index contributed by atoms with van der Waals surface area (Å²) in [6, 6.07) is 6.26. The second-order valence-electron chi connectivity index (χ2n) is 5.49. The summed E-state index contributed by atoms with van der Waals surface area (Å²) < 4.78 is 20.3. The second kappa shape index (κ2) is 6.26. The smallest absolute Gasteiger partial charge is 0.254 e. The minimum atomic E-state index is -0.451. The molecule has 24 heavy (non-hydrogen) atoms. The van der Waals surface area contributed by atoms with Crippen molar-refractivity contribution in [1.29, 1.82) is 0 Å². The number of hydrogen-bond acceptors (Lipinski definition) is 5. The van der Waals surface area contributed by atoms with E-state index in [0.29, 0.717) is 43.1 Å². The number of morpholine rings is 1. The van der Waals surface area contributed by atoms with Gasteiger partial charge in [-0.25, -0.2) is 14.4 Å². The van der Waals surface area contributed by atoms with E-state index in [2.05, 4.69) is 9.97 Å². The highest BCUT2D eigenvalue weighted by molar-refractivity contribution is 7.17. The number of benzene rings is 1. The maximum atomic E-state index is 14.1. The minimum absolute atomic E-state index is 0.185. The molecule has 1 amide bonds. The Morgan fingerprint density at radius 3 is 2.88 bits per heavy atom. The number of hydrogen-bond donors (Lipinski definition) is 0. The van der Waals surface area contributed by atoms with Crippen molar-refractivity contribution in [2.24, 2.45) is 0 Å². The molecule has 0 atom stereocenters. The molecule has 122 valence electrons. The van der Waals surface area contributed by atoms with E-state index < -0.39 is 5.82 Å². The summed E-state index contributed by atoms with van der Waals surface area (Å²) in [5.41, 5.74) is 2.37. The zero-order valence-corrected chi connectivity index (χ0v) is 13.6. The van der Waals surface area contributed by atoms with Crippen LogP contribution in [0.5, 0.6) is 0 Å². The van der Waals surface area contributed by atoms with Crippen LogP contribution in [0.25, 0.3) is 21.5 Å². The monoisotopic (exact) mass is 343 g/mol. The first-order valence-electron chi connectivity index (χ1n) is 7.58. The number of halogens is 1. The maximum Gasteiger partial charge on any atom is 0.254 e. The summed E-state index contributed by atoms with van der Waals surface area (Å²) in [5, 5.41) is 1.92. The molecule has 1 aromatic carbocycles. The SMILES string of the molecule is O=C(c1cc(F)cc(-c2ncnc3ccsc23)c1)N1CCOCC1. The van der Waals surface area contributed by atoms with Crippen LogP contribution >= 0.6 is 11.3 Å². The quantitative estimate of drug-likeness (QED) is 0.718. The molecule has 1 aliphatic rings. The van der Waals surface area contributed by atoms with Crippen molar-refractivity contribution in [3.8, 4) is 11.3 Å². The van der Waals surface area contributed by atoms with Crippen molar-refractivity contribution in [3.05, 3.63) is 47.4 Å². The van der Waals surface area contributed by atoms with E-state index in [4.69, 9.17) is 4.74 Å². The van der Waals surface area contributed by atoms with Crippen LogP contribution in [0.2, 0.25) is 0 Å². The van der Waals surface area contributed by atoms with Crippen molar-refractivity contribution in [1.82, 2.24) is 14.9 Å². The van der Waals surface area contributed by atoms with Gasteiger partial charge in [0, 0.05) is 24.2 Å². The van der Waals surface area contributed by atoms with Crippen LogP contribution in [0.1, 0.15) is 10.4 Å². The Kier molecular flexibility index (Phi) is 3.95. The third kappa shape index (κ3) is 2.76. The summed E-state index contributed by atoms with van der Waals surface area (Å²) in [4.78, 5) is 22.8. The van der Waals surface area contributed by atoms with Gasteiger partial charge in [0.1, 0.15) is 12.1 Å². The van der Waals surface area contributed by atoms with Crippen LogP contribution in [0.4, 0.5) is 4.39 Å². The van der Waals surface area contributed by atoms with E-state index in [9.17, 15) is 9.18 Å². The molecule has 0 spiro atoms. The van der Waals surface area contributed by atoms with E-state index in [1.807, 2.05) is 11.4 Å². The molecule has 0 aliphatic carbocycles. The van der Waals surface area contributed by atoms with E-state index in [1.165, 1.54) is 29.8 Å². The summed E-state index contributed by atoms with van der Waals surface area (Å²) in [5.74, 6) is -0.636. The van der Waals surface area contributed by atoms with Crippen molar-refractivity contribution in [2.45, 2.75) is 0 Å². The molecule has 0 bridgehead atoms. The Bertz CT molecular complexity index is 906. The number of fused-ring (bicyclic) bond motifs is 1. The highest BCUT2D eigenvalue weighted by atomic mass is 32.1. The highest BCUT2D eigenvalue weighted by Gasteiger charge is 2.20. The molecule has 0 unspecified atom stereocenters. The Hall–Kier alpha value is -2.38. The fraction of sp³-hybridized carbons (Fsp3) is 0.235. The first-order chi connectivity index (χ1) is 11.7. The maximum absolute atomic E-state index is 14.1. The molecule has 3 aromatic rings. The Balaban J connectivity index is 1.76. The van der Waals surface area contributed by atoms with Gasteiger partial charge in [-0.2, -0.15) is 0 Å². The molecule has 0 saturated carbocycles. The molecular weight excluding hydrogens is 329 g/mol. The van der Waals surface area contributed by atoms with Gasteiger partial charge in [0.15, 0.2) is 0 Å². The van der Waals surface area contributed by atoms with Crippen LogP contribution in [0.15, 0.2) is 36.0 Å². The number of amides is 1. The van der Waals surface area contributed by atoms with Gasteiger partial charge in [-0.05, 0) is 29.6 Å². The zero-order chi connectivity index (χ0) is 16.5. The molecule has 3 heterocycles. The van der Waals surface area contributed by atoms with Crippen LogP contribution in [0, 0.1) is 5.82 Å². The molecule has 5 nitrogen and oxygen atoms in total. The van der Waals surface area contributed by atoms with E-state index in [-0.39, 0.29) is 5.91 Å². The molecular formula is C17H14FN3O2S. The van der Waals surface area contributed by atoms with Crippen LogP contribution in [-0.2, 0) is 4.74 Å². The van der Waals surface area contributed by atoms with E-state index >= 15 is 0 Å². The zero-order valence-electron chi connectivity index (χ0n) is 12.7. The second-order valence-corrected chi connectivity index (χ2v) is 6.41. The lowest BCUT2D eigenvalue weighted by Crippen LogP contribution is -2.40. The van der Waals surface area contributed by atoms with E-state index in [0.717, 1.165) is 10.2 Å². The van der Waals surface area contributed by atoms with Crippen LogP contribution in [0.3, 0.4) is 0 Å². The number of aromatic nitrogens is 2. The molecule has 1 saturated heterocycles. The third-order valence-electron chi connectivity index (χ3n) is 3.96. The van der Waals surface area contributed by atoms with Crippen molar-refractivity contribution in [3.63, 3.8) is 0 Å². The number of ether oxygens (including phenoxy) is 1. The largest absolute Gasteiger partial charge is 0.378 e. The van der Waals surface area contributed by atoms with Gasteiger partial charge in [0.05, 0.1) is 29.1 Å². The normalized spacial score (nSPS) is 15.0. The van der Waals surface area contributed by atoms with Gasteiger partial charge in [-0.3, -0.25) is 4.79 Å². The number of carbonyl (C=O) groups excluding carboxylic acids is 1. The minimum Gasteiger partial charge on any atom is -0.378 e. The lowest BCUT2D eigenvalue weighted by molar-refractivity contribution is 0.0302. The fourth-order valence-corrected chi connectivity index (χ4v) is 3.65. The van der Waals surface area contributed by atoms with Gasteiger partial charge in [-0.15, -0.1) is 11.3 Å². The van der Waals surface area contributed by atoms with Crippen molar-refractivity contribution in [2.75, 3.05) is 26.3 Å². The predicted molar refractivity (Wildman–Crippen MR) is 89.5 cm³/mol. The Morgan fingerprint density at radius 2 is 2.04 bits per heavy atom. The van der Waals surface area contributed by atoms with E-state index in [1.54, 1.807) is 11.0 Å². The molecule has 1 aliphatic heterocycles. The number of rotatable bonds is 2. The average molecular weight is 343 g/mol. The molecule has 7 heteroatoms. The van der Waals surface area contributed by atoms with Gasteiger partial charge in [0.25, 0.3) is 5.91 Å². The standard InChI is InChI=1S/C17H14FN3O2S/c18-13-8-11(15-16-14(1-6-24-16)19-10-20-15)7-12(9-13)17(22)21-2-4-23-5-3-21/h1,6-10H,2-5H2.